The maximum absolute atomic E-state index is 15.9. The van der Waals surface area contributed by atoms with E-state index in [1.54, 1.807) is 17.0 Å². The molecular weight excluding hydrogens is 657 g/mol. The van der Waals surface area contributed by atoms with Crippen molar-refractivity contribution in [3.05, 3.63) is 88.2 Å². The number of piperazine rings is 1. The van der Waals surface area contributed by atoms with E-state index in [1.807, 2.05) is 24.3 Å². The topological polar surface area (TPSA) is 96.4 Å². The van der Waals surface area contributed by atoms with Crippen molar-refractivity contribution < 1.29 is 23.9 Å². The fourth-order valence-electron chi connectivity index (χ4n) is 9.93. The molecule has 2 N–H and O–H groups in total. The summed E-state index contributed by atoms with van der Waals surface area (Å²) in [5.41, 5.74) is 6.95. The van der Waals surface area contributed by atoms with Crippen LogP contribution < -0.4 is 15.1 Å². The number of aromatic hydroxyl groups is 1. The second-order valence-corrected chi connectivity index (χ2v) is 16.1. The second kappa shape index (κ2) is 13.5. The minimum absolute atomic E-state index is 0.118. The molecule has 9 rings (SSSR count). The number of imide groups is 1. The molecule has 3 saturated heterocycles. The molecule has 2 aliphatic carbocycles. The Morgan fingerprint density at radius 2 is 1.58 bits per heavy atom. The number of nitrogens with one attached hydrogen (secondary N) is 1. The van der Waals surface area contributed by atoms with Crippen LogP contribution in [0.15, 0.2) is 54.6 Å². The van der Waals surface area contributed by atoms with Gasteiger partial charge in [-0.25, -0.2) is 4.39 Å². The highest BCUT2D eigenvalue weighted by molar-refractivity contribution is 6.05. The number of phenolic OH excluding ortho intramolecular Hbond substituents is 1. The monoisotopic (exact) mass is 705 g/mol. The number of rotatable bonds is 7. The minimum Gasteiger partial charge on any atom is -0.508 e. The van der Waals surface area contributed by atoms with Crippen LogP contribution in [0.1, 0.15) is 83.5 Å². The van der Waals surface area contributed by atoms with Gasteiger partial charge in [0.25, 0.3) is 5.91 Å². The predicted octanol–water partition coefficient (Wildman–Crippen LogP) is 5.44. The number of aryl methyl sites for hydroxylation is 1. The first-order valence-corrected chi connectivity index (χ1v) is 19.4. The number of carbonyl (C=O) groups is 3. The quantitative estimate of drug-likeness (QED) is 0.317. The van der Waals surface area contributed by atoms with Crippen LogP contribution in [0.25, 0.3) is 0 Å². The first-order valence-electron chi connectivity index (χ1n) is 19.4. The molecule has 0 bridgehead atoms. The fourth-order valence-corrected chi connectivity index (χ4v) is 9.93. The molecule has 52 heavy (non-hydrogen) atoms. The molecule has 272 valence electrons. The van der Waals surface area contributed by atoms with Gasteiger partial charge in [0.15, 0.2) is 0 Å². The number of fused-ring (bicyclic) bond motifs is 2. The van der Waals surface area contributed by atoms with E-state index in [0.717, 1.165) is 99.9 Å². The van der Waals surface area contributed by atoms with Gasteiger partial charge in [-0.05, 0) is 127 Å². The molecule has 3 aromatic rings. The van der Waals surface area contributed by atoms with Crippen molar-refractivity contribution in [2.75, 3.05) is 55.6 Å². The summed E-state index contributed by atoms with van der Waals surface area (Å²) in [4.78, 5) is 46.0. The summed E-state index contributed by atoms with van der Waals surface area (Å²) >= 11 is 0. The summed E-state index contributed by atoms with van der Waals surface area (Å²) in [6.07, 6.45) is 7.34. The van der Waals surface area contributed by atoms with E-state index in [-0.39, 0.29) is 35.9 Å². The summed E-state index contributed by atoms with van der Waals surface area (Å²) in [7, 11) is 0. The highest BCUT2D eigenvalue weighted by Gasteiger charge is 2.42. The zero-order valence-electron chi connectivity index (χ0n) is 29.7. The van der Waals surface area contributed by atoms with Gasteiger partial charge in [0.2, 0.25) is 11.8 Å². The van der Waals surface area contributed by atoms with E-state index in [1.165, 1.54) is 24.0 Å². The number of nitrogens with zero attached hydrogens (tertiary/aromatic N) is 4. The standard InChI is InChI=1S/C42H48FN5O4/c43-36-23-29(40-33(27-1-2-27)7-3-28-22-32(49)6-9-34(28)40)4-10-37(36)47-15-13-26(14-16-47)24-45-17-19-46(20-18-45)31-5-8-35-30(21-31)25-48(42(35)52)38-11-12-39(50)44-41(38)51/h4-6,8-10,21-23,26-27,33,38,40,49H,1-3,7,11-20,24-25H2,(H,44,50,51)/t33-,38?,40+/m1/s1. The Morgan fingerprint density at radius 3 is 2.33 bits per heavy atom. The van der Waals surface area contributed by atoms with Gasteiger partial charge in [0, 0.05) is 75.9 Å². The third kappa shape index (κ3) is 6.33. The number of carbonyl (C=O) groups excluding carboxylic acids is 3. The van der Waals surface area contributed by atoms with E-state index in [2.05, 4.69) is 38.2 Å². The van der Waals surface area contributed by atoms with Crippen LogP contribution in [0, 0.1) is 23.6 Å². The van der Waals surface area contributed by atoms with Crippen LogP contribution >= 0.6 is 0 Å². The molecule has 1 saturated carbocycles. The van der Waals surface area contributed by atoms with Crippen LogP contribution in [0.4, 0.5) is 15.8 Å². The van der Waals surface area contributed by atoms with Gasteiger partial charge in [-0.15, -0.1) is 0 Å². The molecule has 9 nitrogen and oxygen atoms in total. The van der Waals surface area contributed by atoms with Crippen LogP contribution in [0.5, 0.6) is 5.75 Å². The first-order chi connectivity index (χ1) is 25.3. The summed E-state index contributed by atoms with van der Waals surface area (Å²) in [6, 6.07) is 17.2. The molecule has 6 aliphatic rings. The van der Waals surface area contributed by atoms with Crippen molar-refractivity contribution in [1.82, 2.24) is 15.1 Å². The Kier molecular flexibility index (Phi) is 8.68. The molecule has 10 heteroatoms. The lowest BCUT2D eigenvalue weighted by Crippen LogP contribution is -2.52. The molecule has 3 aromatic carbocycles. The number of hydrogen-bond acceptors (Lipinski definition) is 7. The second-order valence-electron chi connectivity index (χ2n) is 16.1. The zero-order valence-corrected chi connectivity index (χ0v) is 29.7. The van der Waals surface area contributed by atoms with Crippen LogP contribution in [-0.2, 0) is 22.6 Å². The Labute approximate surface area is 304 Å². The van der Waals surface area contributed by atoms with Crippen molar-refractivity contribution in [2.45, 2.75) is 69.9 Å². The number of anilines is 2. The number of amides is 3. The molecular formula is C42H48FN5O4. The summed E-state index contributed by atoms with van der Waals surface area (Å²) in [6.45, 7) is 6.94. The Hall–Kier alpha value is -4.44. The maximum Gasteiger partial charge on any atom is 0.255 e. The van der Waals surface area contributed by atoms with Crippen LogP contribution in [0.2, 0.25) is 0 Å². The highest BCUT2D eigenvalue weighted by atomic mass is 19.1. The van der Waals surface area contributed by atoms with E-state index in [0.29, 0.717) is 36.1 Å². The molecule has 0 radical (unpaired) electrons. The Morgan fingerprint density at radius 1 is 0.769 bits per heavy atom. The van der Waals surface area contributed by atoms with E-state index in [4.69, 9.17) is 0 Å². The average molecular weight is 706 g/mol. The molecule has 4 fully saturated rings. The maximum atomic E-state index is 15.9. The van der Waals surface area contributed by atoms with Crippen molar-refractivity contribution in [2.24, 2.45) is 17.8 Å². The third-order valence-corrected chi connectivity index (χ3v) is 12.9. The lowest BCUT2D eigenvalue weighted by molar-refractivity contribution is -0.136. The molecule has 3 atom stereocenters. The summed E-state index contributed by atoms with van der Waals surface area (Å²) in [5.74, 6) is 1.44. The number of phenols is 1. The van der Waals surface area contributed by atoms with E-state index in [9.17, 15) is 19.5 Å². The molecule has 1 unspecified atom stereocenters. The lowest BCUT2D eigenvalue weighted by Gasteiger charge is -2.40. The predicted molar refractivity (Wildman–Crippen MR) is 197 cm³/mol. The van der Waals surface area contributed by atoms with E-state index >= 15 is 4.39 Å². The highest BCUT2D eigenvalue weighted by Crippen LogP contribution is 2.52. The van der Waals surface area contributed by atoms with E-state index < -0.39 is 6.04 Å². The van der Waals surface area contributed by atoms with Gasteiger partial charge in [-0.3, -0.25) is 24.6 Å². The van der Waals surface area contributed by atoms with Crippen molar-refractivity contribution in [3.63, 3.8) is 0 Å². The average Bonchev–Trinajstić information content (AvgIpc) is 3.95. The summed E-state index contributed by atoms with van der Waals surface area (Å²) < 4.78 is 15.9. The number of benzene rings is 3. The van der Waals surface area contributed by atoms with Gasteiger partial charge in [-0.2, -0.15) is 0 Å². The molecule has 3 amide bonds. The molecule has 4 aliphatic heterocycles. The SMILES string of the molecule is O=C1CCC(N2Cc3cc(N4CCN(CC5CCN(c6ccc([C@@H]7c8ccc(O)cc8CC[C@@H]7C7CC7)cc6F)CC5)CC4)ccc3C2=O)C(=O)N1. The van der Waals surface area contributed by atoms with Gasteiger partial charge < -0.3 is 19.8 Å². The lowest BCUT2D eigenvalue weighted by atomic mass is 9.70. The minimum atomic E-state index is -0.599. The van der Waals surface area contributed by atoms with Crippen LogP contribution in [-0.4, -0.2) is 84.5 Å². The Bertz CT molecular complexity index is 1900. The van der Waals surface area contributed by atoms with Crippen molar-refractivity contribution in [1.29, 1.82) is 0 Å². The van der Waals surface area contributed by atoms with Gasteiger partial charge in [-0.1, -0.05) is 12.1 Å². The number of hydrogen-bond donors (Lipinski definition) is 2. The molecule has 0 spiro atoms. The van der Waals surface area contributed by atoms with Gasteiger partial charge in [0.05, 0.1) is 5.69 Å². The fraction of sp³-hybridized carbons (Fsp3) is 0.500. The van der Waals surface area contributed by atoms with Crippen molar-refractivity contribution >= 4 is 29.1 Å². The summed E-state index contributed by atoms with van der Waals surface area (Å²) in [5, 5.41) is 12.5. The zero-order chi connectivity index (χ0) is 35.5. The van der Waals surface area contributed by atoms with Gasteiger partial charge in [0.1, 0.15) is 17.6 Å². The molecule has 4 heterocycles. The largest absolute Gasteiger partial charge is 0.508 e. The number of halogens is 1. The van der Waals surface area contributed by atoms with Gasteiger partial charge >= 0.3 is 0 Å². The first kappa shape index (κ1) is 33.4. The van der Waals surface area contributed by atoms with Crippen molar-refractivity contribution in [3.8, 4) is 5.75 Å². The molecule has 0 aromatic heterocycles. The number of piperidine rings is 2. The normalized spacial score (nSPS) is 25.7. The van der Waals surface area contributed by atoms with Crippen LogP contribution in [0.3, 0.4) is 0 Å². The Balaban J connectivity index is 0.779. The smallest absolute Gasteiger partial charge is 0.255 e. The third-order valence-electron chi connectivity index (χ3n) is 12.9.